The predicted octanol–water partition coefficient (Wildman–Crippen LogP) is 2.60. The fourth-order valence-corrected chi connectivity index (χ4v) is 3.20. The van der Waals surface area contributed by atoms with Crippen molar-refractivity contribution in [3.8, 4) is 11.5 Å². The number of rotatable bonds is 7. The van der Waals surface area contributed by atoms with E-state index in [1.807, 2.05) is 0 Å². The molecule has 150 valence electrons. The van der Waals surface area contributed by atoms with Gasteiger partial charge in [-0.3, -0.25) is 29.4 Å². The largest absolute Gasteiger partial charge is 0.496 e. The summed E-state index contributed by atoms with van der Waals surface area (Å²) in [7, 11) is 2.63. The number of benzene rings is 1. The van der Waals surface area contributed by atoms with E-state index >= 15 is 0 Å². The molecule has 1 aromatic carbocycles. The summed E-state index contributed by atoms with van der Waals surface area (Å²) in [4.78, 5) is 47.7. The van der Waals surface area contributed by atoms with Crippen LogP contribution in [0.25, 0.3) is 6.08 Å². The Morgan fingerprint density at radius 2 is 1.89 bits per heavy atom. The number of methoxy groups -OCH3 is 2. The number of amides is 2. The molecule has 0 saturated carbocycles. The second-order valence-corrected chi connectivity index (χ2v) is 6.82. The van der Waals surface area contributed by atoms with Crippen LogP contribution in [0.5, 0.6) is 11.5 Å². The maximum Gasteiger partial charge on any atom is 0.326 e. The van der Waals surface area contributed by atoms with Crippen molar-refractivity contribution >= 4 is 40.6 Å². The Bertz CT molecular complexity index is 865. The van der Waals surface area contributed by atoms with Gasteiger partial charge < -0.3 is 14.2 Å². The molecule has 0 radical (unpaired) electrons. The Hall–Kier alpha value is -3.08. The number of hydrogen-bond acceptors (Lipinski definition) is 9. The van der Waals surface area contributed by atoms with E-state index in [2.05, 4.69) is 0 Å². The topological polar surface area (TPSA) is 125 Å². The average Bonchev–Trinajstić information content (AvgIpc) is 2.88. The van der Waals surface area contributed by atoms with E-state index in [0.717, 1.165) is 4.90 Å². The molecule has 1 aliphatic rings. The zero-order valence-corrected chi connectivity index (χ0v) is 16.4. The quantitative estimate of drug-likeness (QED) is 0.288. The Kier molecular flexibility index (Phi) is 6.62. The molecular formula is C17H18N2O8S. The van der Waals surface area contributed by atoms with E-state index in [1.54, 1.807) is 13.8 Å². The lowest BCUT2D eigenvalue weighted by Crippen LogP contribution is -2.35. The molecule has 10 nitrogen and oxygen atoms in total. The minimum atomic E-state index is -0.712. The summed E-state index contributed by atoms with van der Waals surface area (Å²) in [6.07, 6.45) is 0.913. The van der Waals surface area contributed by atoms with Gasteiger partial charge in [0.1, 0.15) is 12.3 Å². The number of thioether (sulfide) groups is 1. The second kappa shape index (κ2) is 8.74. The average molecular weight is 410 g/mol. The van der Waals surface area contributed by atoms with Gasteiger partial charge in [-0.1, -0.05) is 0 Å². The van der Waals surface area contributed by atoms with E-state index in [0.29, 0.717) is 11.8 Å². The molecular weight excluding hydrogens is 392 g/mol. The van der Waals surface area contributed by atoms with Crippen LogP contribution in [0.2, 0.25) is 0 Å². The molecule has 0 N–H and O–H groups in total. The van der Waals surface area contributed by atoms with Crippen LogP contribution in [0.15, 0.2) is 17.0 Å². The Morgan fingerprint density at radius 3 is 2.43 bits per heavy atom. The van der Waals surface area contributed by atoms with E-state index in [1.165, 1.54) is 32.4 Å². The third kappa shape index (κ3) is 4.60. The van der Waals surface area contributed by atoms with Crippen molar-refractivity contribution in [3.05, 3.63) is 32.7 Å². The number of ether oxygens (including phenoxy) is 3. The van der Waals surface area contributed by atoms with Crippen molar-refractivity contribution in [2.45, 2.75) is 20.0 Å². The predicted molar refractivity (Wildman–Crippen MR) is 100 cm³/mol. The SMILES string of the molecule is COc1cc(OC)c([N+](=O)[O-])cc1/C=C1/SC(=O)N(CC(=O)OC(C)C)C1=O. The highest BCUT2D eigenvalue weighted by molar-refractivity contribution is 8.18. The van der Waals surface area contributed by atoms with Crippen molar-refractivity contribution in [3.63, 3.8) is 0 Å². The number of nitrogens with zero attached hydrogens (tertiary/aromatic N) is 2. The fourth-order valence-electron chi connectivity index (χ4n) is 2.37. The number of carbonyl (C=O) groups is 3. The smallest absolute Gasteiger partial charge is 0.326 e. The second-order valence-electron chi connectivity index (χ2n) is 5.83. The Morgan fingerprint density at radius 1 is 1.25 bits per heavy atom. The van der Waals surface area contributed by atoms with E-state index in [-0.39, 0.29) is 33.8 Å². The zero-order valence-electron chi connectivity index (χ0n) is 15.6. The first kappa shape index (κ1) is 21.2. The van der Waals surface area contributed by atoms with Crippen molar-refractivity contribution in [1.29, 1.82) is 0 Å². The maximum absolute atomic E-state index is 12.5. The van der Waals surface area contributed by atoms with Gasteiger partial charge in [0.05, 0.1) is 30.2 Å². The van der Waals surface area contributed by atoms with Crippen LogP contribution in [-0.4, -0.2) is 53.8 Å². The van der Waals surface area contributed by atoms with Gasteiger partial charge in [-0.05, 0) is 31.7 Å². The molecule has 1 saturated heterocycles. The first-order valence-electron chi connectivity index (χ1n) is 8.03. The summed E-state index contributed by atoms with van der Waals surface area (Å²) in [5.41, 5.74) is -0.112. The number of carbonyl (C=O) groups excluding carboxylic acids is 3. The van der Waals surface area contributed by atoms with Crippen LogP contribution in [0.3, 0.4) is 0 Å². The summed E-state index contributed by atoms with van der Waals surface area (Å²) in [6, 6.07) is 2.49. The molecule has 0 aliphatic carbocycles. The highest BCUT2D eigenvalue weighted by atomic mass is 32.2. The van der Waals surface area contributed by atoms with E-state index in [9.17, 15) is 24.5 Å². The number of nitro benzene ring substituents is 1. The summed E-state index contributed by atoms with van der Waals surface area (Å²) in [6.45, 7) is 2.78. The molecule has 0 aromatic heterocycles. The highest BCUT2D eigenvalue weighted by Gasteiger charge is 2.37. The molecule has 2 amide bonds. The molecule has 0 unspecified atom stereocenters. The van der Waals surface area contributed by atoms with Gasteiger partial charge in [0, 0.05) is 17.7 Å². The number of imide groups is 1. The molecule has 1 aliphatic heterocycles. The third-order valence-electron chi connectivity index (χ3n) is 3.54. The highest BCUT2D eigenvalue weighted by Crippen LogP contribution is 2.38. The lowest BCUT2D eigenvalue weighted by molar-refractivity contribution is -0.385. The summed E-state index contributed by atoms with van der Waals surface area (Å²) < 4.78 is 15.1. The minimum absolute atomic E-state index is 0.000103. The number of hydrogen-bond donors (Lipinski definition) is 0. The van der Waals surface area contributed by atoms with Crippen molar-refractivity contribution in [2.24, 2.45) is 0 Å². The minimum Gasteiger partial charge on any atom is -0.496 e. The molecule has 28 heavy (non-hydrogen) atoms. The molecule has 0 bridgehead atoms. The standard InChI is InChI=1S/C17H18N2O8S/c1-9(2)27-15(20)8-18-16(21)14(28-17(18)22)6-10-5-11(19(23)24)13(26-4)7-12(10)25-3/h5-7,9H,8H2,1-4H3/b14-6+. The normalized spacial score (nSPS) is 15.3. The molecule has 0 atom stereocenters. The Balaban J connectivity index is 2.36. The molecule has 1 aromatic rings. The van der Waals surface area contributed by atoms with Gasteiger partial charge in [-0.2, -0.15) is 0 Å². The van der Waals surface area contributed by atoms with Gasteiger partial charge in [0.2, 0.25) is 5.75 Å². The molecule has 1 heterocycles. The maximum atomic E-state index is 12.5. The first-order valence-corrected chi connectivity index (χ1v) is 8.84. The summed E-state index contributed by atoms with van der Waals surface area (Å²) >= 11 is 0.615. The van der Waals surface area contributed by atoms with Gasteiger partial charge in [-0.25, -0.2) is 0 Å². The molecule has 0 spiro atoms. The van der Waals surface area contributed by atoms with Crippen LogP contribution in [0, 0.1) is 10.1 Å². The molecule has 1 fully saturated rings. The van der Waals surface area contributed by atoms with Gasteiger partial charge in [-0.15, -0.1) is 0 Å². The fraction of sp³-hybridized carbons (Fsp3) is 0.353. The van der Waals surface area contributed by atoms with Gasteiger partial charge in [0.25, 0.3) is 11.1 Å². The van der Waals surface area contributed by atoms with Crippen LogP contribution < -0.4 is 9.47 Å². The van der Waals surface area contributed by atoms with Crippen LogP contribution in [-0.2, 0) is 14.3 Å². The third-order valence-corrected chi connectivity index (χ3v) is 4.45. The zero-order chi connectivity index (χ0) is 21.0. The molecule has 11 heteroatoms. The van der Waals surface area contributed by atoms with E-state index < -0.39 is 28.6 Å². The van der Waals surface area contributed by atoms with Crippen molar-refractivity contribution in [1.82, 2.24) is 4.90 Å². The van der Waals surface area contributed by atoms with Crippen molar-refractivity contribution in [2.75, 3.05) is 20.8 Å². The van der Waals surface area contributed by atoms with Gasteiger partial charge >= 0.3 is 11.7 Å². The van der Waals surface area contributed by atoms with Crippen LogP contribution in [0.4, 0.5) is 10.5 Å². The first-order chi connectivity index (χ1) is 13.2. The van der Waals surface area contributed by atoms with E-state index in [4.69, 9.17) is 14.2 Å². The Labute approximate surface area is 164 Å². The van der Waals surface area contributed by atoms with Crippen LogP contribution in [0.1, 0.15) is 19.4 Å². The summed E-state index contributed by atoms with van der Waals surface area (Å²) in [5.74, 6) is -1.20. The lowest BCUT2D eigenvalue weighted by Gasteiger charge is -2.13. The monoisotopic (exact) mass is 410 g/mol. The number of esters is 1. The van der Waals surface area contributed by atoms with Gasteiger partial charge in [0.15, 0.2) is 0 Å². The number of nitro groups is 1. The van der Waals surface area contributed by atoms with Crippen LogP contribution >= 0.6 is 11.8 Å². The summed E-state index contributed by atoms with van der Waals surface area (Å²) in [5, 5.41) is 10.6. The lowest BCUT2D eigenvalue weighted by atomic mass is 10.1. The molecule has 2 rings (SSSR count). The van der Waals surface area contributed by atoms with Crippen molar-refractivity contribution < 1.29 is 33.5 Å².